The average molecular weight is 230 g/mol. The number of ether oxygens (including phenoxy) is 1. The zero-order valence-corrected chi connectivity index (χ0v) is 11.2. The van der Waals surface area contributed by atoms with Crippen LogP contribution in [0.2, 0.25) is 0 Å². The van der Waals surface area contributed by atoms with E-state index in [0.717, 1.165) is 0 Å². The molecule has 15 heavy (non-hydrogen) atoms. The standard InChI is InChI=1S/C9H6N2O3.K.H/c12-9(8-5-13-6-11-8)14-7-1-3-10-4-2-7;;/h1-6H;;/q;+1;-1. The molecule has 2 aromatic heterocycles. The van der Waals surface area contributed by atoms with Gasteiger partial charge in [0.25, 0.3) is 0 Å². The Morgan fingerprint density at radius 2 is 2.13 bits per heavy atom. The topological polar surface area (TPSA) is 65.2 Å². The molecule has 2 heterocycles. The Bertz CT molecular complexity index is 422. The zero-order valence-electron chi connectivity index (χ0n) is 9.08. The molecule has 0 aliphatic carbocycles. The van der Waals surface area contributed by atoms with Crippen LogP contribution in [0.15, 0.2) is 41.6 Å². The first-order chi connectivity index (χ1) is 6.86. The number of carbonyl (C=O) groups is 1. The Morgan fingerprint density at radius 1 is 1.40 bits per heavy atom. The molecule has 0 N–H and O–H groups in total. The van der Waals surface area contributed by atoms with E-state index < -0.39 is 5.97 Å². The van der Waals surface area contributed by atoms with Crippen molar-refractivity contribution in [1.82, 2.24) is 9.97 Å². The van der Waals surface area contributed by atoms with Crippen LogP contribution in [0.3, 0.4) is 0 Å². The van der Waals surface area contributed by atoms with E-state index in [0.29, 0.717) is 5.75 Å². The van der Waals surface area contributed by atoms with Crippen LogP contribution in [-0.4, -0.2) is 15.9 Å². The van der Waals surface area contributed by atoms with Crippen molar-refractivity contribution in [1.29, 1.82) is 0 Å². The molecular formula is C9H7KN2O3. The van der Waals surface area contributed by atoms with Gasteiger partial charge in [-0.05, 0) is 12.1 Å². The van der Waals surface area contributed by atoms with Crippen molar-refractivity contribution in [2.45, 2.75) is 0 Å². The molecule has 2 rings (SSSR count). The summed E-state index contributed by atoms with van der Waals surface area (Å²) < 4.78 is 9.61. The minimum atomic E-state index is -0.551. The summed E-state index contributed by atoms with van der Waals surface area (Å²) in [5.41, 5.74) is 0.141. The van der Waals surface area contributed by atoms with Crippen molar-refractivity contribution >= 4 is 5.97 Å². The number of oxazole rings is 1. The minimum absolute atomic E-state index is 0. The van der Waals surface area contributed by atoms with Gasteiger partial charge in [-0.25, -0.2) is 9.78 Å². The number of aromatic nitrogens is 2. The van der Waals surface area contributed by atoms with E-state index in [1.165, 1.54) is 25.1 Å². The fourth-order valence-electron chi connectivity index (χ4n) is 0.879. The first kappa shape index (κ1) is 12.5. The molecule has 0 saturated carbocycles. The van der Waals surface area contributed by atoms with E-state index in [1.54, 1.807) is 12.1 Å². The number of hydrogen-bond acceptors (Lipinski definition) is 5. The molecule has 2 aromatic rings. The van der Waals surface area contributed by atoms with Crippen LogP contribution in [0, 0.1) is 0 Å². The maximum Gasteiger partial charge on any atom is 1.00 e. The molecule has 0 aliphatic rings. The van der Waals surface area contributed by atoms with Crippen LogP contribution >= 0.6 is 0 Å². The molecule has 0 unspecified atom stereocenters. The second kappa shape index (κ2) is 6.14. The maximum absolute atomic E-state index is 11.3. The summed E-state index contributed by atoms with van der Waals surface area (Å²) >= 11 is 0. The number of pyridine rings is 1. The quantitative estimate of drug-likeness (QED) is 0.459. The molecule has 0 atom stereocenters. The van der Waals surface area contributed by atoms with Crippen LogP contribution < -0.4 is 56.1 Å². The normalized spacial score (nSPS) is 9.07. The molecule has 0 amide bonds. The van der Waals surface area contributed by atoms with E-state index >= 15 is 0 Å². The predicted octanol–water partition coefficient (Wildman–Crippen LogP) is -1.59. The van der Waals surface area contributed by atoms with Gasteiger partial charge in [-0.2, -0.15) is 0 Å². The molecule has 0 spiro atoms. The van der Waals surface area contributed by atoms with E-state index in [9.17, 15) is 4.79 Å². The first-order valence-electron chi connectivity index (χ1n) is 3.86. The van der Waals surface area contributed by atoms with Gasteiger partial charge in [0.15, 0.2) is 12.1 Å². The molecule has 0 aromatic carbocycles. The zero-order chi connectivity index (χ0) is 9.80. The van der Waals surface area contributed by atoms with Crippen molar-refractivity contribution in [3.05, 3.63) is 42.9 Å². The summed E-state index contributed by atoms with van der Waals surface area (Å²) in [6.45, 7) is 0. The number of carbonyl (C=O) groups excluding carboxylic acids is 1. The van der Waals surface area contributed by atoms with Gasteiger partial charge in [0.05, 0.1) is 0 Å². The SMILES string of the molecule is O=C(Oc1ccncc1)c1cocn1.[H-].[K+]. The average Bonchev–Trinajstić information content (AvgIpc) is 2.72. The number of rotatable bonds is 2. The second-order valence-corrected chi connectivity index (χ2v) is 2.45. The minimum Gasteiger partial charge on any atom is -1.00 e. The Balaban J connectivity index is 0.00000112. The maximum atomic E-state index is 11.3. The molecule has 0 bridgehead atoms. The summed E-state index contributed by atoms with van der Waals surface area (Å²) in [6, 6.07) is 3.16. The Hall–Kier alpha value is -0.534. The van der Waals surface area contributed by atoms with E-state index in [1.807, 2.05) is 0 Å². The van der Waals surface area contributed by atoms with Crippen LogP contribution in [0.5, 0.6) is 5.75 Å². The molecule has 72 valence electrons. The molecular weight excluding hydrogens is 223 g/mol. The van der Waals surface area contributed by atoms with E-state index in [4.69, 9.17) is 4.74 Å². The fourth-order valence-corrected chi connectivity index (χ4v) is 0.879. The first-order valence-corrected chi connectivity index (χ1v) is 3.86. The van der Waals surface area contributed by atoms with Crippen molar-refractivity contribution < 1.29 is 66.8 Å². The largest absolute Gasteiger partial charge is 1.00 e. The summed E-state index contributed by atoms with van der Waals surface area (Å²) in [6.07, 6.45) is 5.46. The van der Waals surface area contributed by atoms with Gasteiger partial charge < -0.3 is 10.6 Å². The van der Waals surface area contributed by atoms with Crippen molar-refractivity contribution in [2.75, 3.05) is 0 Å². The van der Waals surface area contributed by atoms with Gasteiger partial charge >= 0.3 is 57.4 Å². The van der Waals surface area contributed by atoms with Crippen molar-refractivity contribution in [3.63, 3.8) is 0 Å². The van der Waals surface area contributed by atoms with Gasteiger partial charge in [-0.1, -0.05) is 0 Å². The van der Waals surface area contributed by atoms with Gasteiger partial charge in [0.1, 0.15) is 12.0 Å². The van der Waals surface area contributed by atoms with E-state index in [2.05, 4.69) is 14.4 Å². The third-order valence-corrected chi connectivity index (χ3v) is 1.50. The van der Waals surface area contributed by atoms with Crippen LogP contribution in [0.4, 0.5) is 0 Å². The third-order valence-electron chi connectivity index (χ3n) is 1.50. The van der Waals surface area contributed by atoms with Gasteiger partial charge in [0.2, 0.25) is 0 Å². The van der Waals surface area contributed by atoms with Crippen LogP contribution in [0.1, 0.15) is 11.9 Å². The summed E-state index contributed by atoms with van der Waals surface area (Å²) in [7, 11) is 0. The molecule has 0 fully saturated rings. The number of esters is 1. The molecule has 6 heteroatoms. The van der Waals surface area contributed by atoms with Gasteiger partial charge in [-0.3, -0.25) is 4.98 Å². The monoisotopic (exact) mass is 230 g/mol. The Kier molecular flexibility index (Phi) is 5.13. The van der Waals surface area contributed by atoms with Crippen LogP contribution in [-0.2, 0) is 0 Å². The smallest absolute Gasteiger partial charge is 1.00 e. The van der Waals surface area contributed by atoms with Gasteiger partial charge in [0, 0.05) is 12.4 Å². The van der Waals surface area contributed by atoms with E-state index in [-0.39, 0.29) is 58.5 Å². The third kappa shape index (κ3) is 3.51. The fraction of sp³-hybridized carbons (Fsp3) is 0. The van der Waals surface area contributed by atoms with Crippen molar-refractivity contribution in [3.8, 4) is 5.75 Å². The Labute approximate surface area is 130 Å². The van der Waals surface area contributed by atoms with Gasteiger partial charge in [-0.15, -0.1) is 0 Å². The molecule has 0 aliphatic heterocycles. The second-order valence-electron chi connectivity index (χ2n) is 2.45. The number of nitrogens with zero attached hydrogens (tertiary/aromatic N) is 2. The van der Waals surface area contributed by atoms with Crippen LogP contribution in [0.25, 0.3) is 0 Å². The Morgan fingerprint density at radius 3 is 2.73 bits per heavy atom. The molecule has 0 saturated heterocycles. The summed E-state index contributed by atoms with van der Waals surface area (Å²) in [5.74, 6) is -0.127. The van der Waals surface area contributed by atoms with Crippen molar-refractivity contribution in [2.24, 2.45) is 0 Å². The summed E-state index contributed by atoms with van der Waals surface area (Å²) in [5, 5.41) is 0. The summed E-state index contributed by atoms with van der Waals surface area (Å²) in [4.78, 5) is 18.8. The number of hydrogen-bond donors (Lipinski definition) is 0. The molecule has 0 radical (unpaired) electrons. The molecule has 5 nitrogen and oxygen atoms in total. The predicted molar refractivity (Wildman–Crippen MR) is 46.8 cm³/mol.